The molecule has 24 heavy (non-hydrogen) atoms. The zero-order valence-corrected chi connectivity index (χ0v) is 14.6. The number of rotatable bonds is 7. The molecule has 1 aromatic heterocycles. The number of ether oxygens (including phenoxy) is 1. The van der Waals surface area contributed by atoms with Gasteiger partial charge in [0, 0.05) is 38.4 Å². The molecule has 0 aromatic carbocycles. The smallest absolute Gasteiger partial charge is 0.305 e. The highest BCUT2D eigenvalue weighted by atomic mass is 35.5. The molecule has 0 spiro atoms. The van der Waals surface area contributed by atoms with E-state index < -0.39 is 5.97 Å². The molecule has 0 aliphatic carbocycles. The van der Waals surface area contributed by atoms with Gasteiger partial charge < -0.3 is 14.7 Å². The normalized spacial score (nSPS) is 17.5. The number of aliphatic carboxylic acids is 1. The van der Waals surface area contributed by atoms with Crippen molar-refractivity contribution < 1.29 is 19.4 Å². The molecule has 1 saturated heterocycles. The zero-order chi connectivity index (χ0) is 17.7. The third-order valence-corrected chi connectivity index (χ3v) is 4.39. The Balaban J connectivity index is 2.07. The van der Waals surface area contributed by atoms with Crippen LogP contribution in [0, 0.1) is 6.92 Å². The Labute approximate surface area is 145 Å². The molecule has 7 nitrogen and oxygen atoms in total. The van der Waals surface area contributed by atoms with Gasteiger partial charge in [0.1, 0.15) is 5.15 Å². The van der Waals surface area contributed by atoms with Gasteiger partial charge in [0.2, 0.25) is 5.91 Å². The van der Waals surface area contributed by atoms with Gasteiger partial charge in [-0.2, -0.15) is 5.10 Å². The first-order valence-electron chi connectivity index (χ1n) is 7.88. The van der Waals surface area contributed by atoms with E-state index in [0.29, 0.717) is 23.9 Å². The molecule has 8 heteroatoms. The summed E-state index contributed by atoms with van der Waals surface area (Å²) >= 11 is 6.14. The average Bonchev–Trinajstić information content (AvgIpc) is 3.11. The summed E-state index contributed by atoms with van der Waals surface area (Å²) in [6, 6.07) is 0. The van der Waals surface area contributed by atoms with Crippen molar-refractivity contribution in [2.24, 2.45) is 7.05 Å². The molecule has 2 heterocycles. The number of aryl methyl sites for hydroxylation is 2. The van der Waals surface area contributed by atoms with Crippen LogP contribution in [0.4, 0.5) is 0 Å². The largest absolute Gasteiger partial charge is 0.481 e. The van der Waals surface area contributed by atoms with E-state index >= 15 is 0 Å². The first-order valence-corrected chi connectivity index (χ1v) is 8.25. The van der Waals surface area contributed by atoms with Crippen molar-refractivity contribution in [3.63, 3.8) is 0 Å². The lowest BCUT2D eigenvalue weighted by atomic mass is 10.2. The summed E-state index contributed by atoms with van der Waals surface area (Å²) in [5.74, 6) is -1.19. The Hall–Kier alpha value is -1.86. The van der Waals surface area contributed by atoms with Gasteiger partial charge >= 0.3 is 5.97 Å². The molecule has 0 saturated carbocycles. The van der Waals surface area contributed by atoms with E-state index in [1.54, 1.807) is 13.1 Å². The predicted octanol–water partition coefficient (Wildman–Crippen LogP) is 1.88. The van der Waals surface area contributed by atoms with Gasteiger partial charge in [-0.3, -0.25) is 14.3 Å². The fourth-order valence-corrected chi connectivity index (χ4v) is 2.89. The van der Waals surface area contributed by atoms with Crippen LogP contribution in [0.15, 0.2) is 6.08 Å². The molecule has 1 amide bonds. The summed E-state index contributed by atoms with van der Waals surface area (Å²) in [5.41, 5.74) is 1.41. The minimum absolute atomic E-state index is 0.0279. The molecule has 1 aromatic rings. The maximum Gasteiger partial charge on any atom is 0.305 e. The molecular weight excluding hydrogens is 334 g/mol. The number of carboxylic acids is 1. The molecule has 132 valence electrons. The predicted molar refractivity (Wildman–Crippen MR) is 89.8 cm³/mol. The van der Waals surface area contributed by atoms with Crippen LogP contribution in [0.5, 0.6) is 0 Å². The summed E-state index contributed by atoms with van der Waals surface area (Å²) in [7, 11) is 1.73. The quantitative estimate of drug-likeness (QED) is 0.755. The fraction of sp³-hybridized carbons (Fsp3) is 0.562. The molecule has 1 fully saturated rings. The summed E-state index contributed by atoms with van der Waals surface area (Å²) in [6.45, 7) is 3.05. The lowest BCUT2D eigenvalue weighted by molar-refractivity contribution is -0.138. The number of carbonyl (C=O) groups is 2. The number of amides is 1. The standard InChI is InChI=1S/C16H22ClN3O4/c1-11-13(16(17)19(2)18-11)5-6-14(21)20(8-7-15(22)23)10-12-4-3-9-24-12/h5-6,12H,3-4,7-10H2,1-2H3,(H,22,23)/b6-5+. The Bertz CT molecular complexity index is 636. The number of carboxylic acid groups (broad SMARTS) is 1. The molecule has 1 aliphatic heterocycles. The second-order valence-corrected chi connectivity index (χ2v) is 6.17. The average molecular weight is 356 g/mol. The van der Waals surface area contributed by atoms with Crippen molar-refractivity contribution in [2.45, 2.75) is 32.3 Å². The van der Waals surface area contributed by atoms with Crippen LogP contribution in [0.3, 0.4) is 0 Å². The third kappa shape index (κ3) is 4.82. The number of aromatic nitrogens is 2. The van der Waals surface area contributed by atoms with Crippen molar-refractivity contribution in [2.75, 3.05) is 19.7 Å². The lowest BCUT2D eigenvalue weighted by Gasteiger charge is -2.23. The van der Waals surface area contributed by atoms with Crippen LogP contribution in [0.2, 0.25) is 5.15 Å². The summed E-state index contributed by atoms with van der Waals surface area (Å²) in [6.07, 6.45) is 4.75. The van der Waals surface area contributed by atoms with Crippen molar-refractivity contribution in [1.29, 1.82) is 0 Å². The van der Waals surface area contributed by atoms with E-state index in [0.717, 1.165) is 18.5 Å². The lowest BCUT2D eigenvalue weighted by Crippen LogP contribution is -2.37. The van der Waals surface area contributed by atoms with E-state index in [1.807, 2.05) is 6.92 Å². The van der Waals surface area contributed by atoms with Crippen LogP contribution in [0.25, 0.3) is 6.08 Å². The monoisotopic (exact) mass is 355 g/mol. The highest BCUT2D eigenvalue weighted by molar-refractivity contribution is 6.31. The van der Waals surface area contributed by atoms with Gasteiger partial charge in [0.15, 0.2) is 0 Å². The molecule has 1 N–H and O–H groups in total. The topological polar surface area (TPSA) is 84.7 Å². The van der Waals surface area contributed by atoms with E-state index in [1.165, 1.54) is 15.7 Å². The van der Waals surface area contributed by atoms with Gasteiger partial charge in [-0.05, 0) is 25.8 Å². The SMILES string of the molecule is Cc1nn(C)c(Cl)c1/C=C/C(=O)N(CCC(=O)O)CC1CCCO1. The summed E-state index contributed by atoms with van der Waals surface area (Å²) in [5, 5.41) is 13.5. The molecule has 0 bridgehead atoms. The molecule has 2 rings (SSSR count). The van der Waals surface area contributed by atoms with Crippen LogP contribution in [-0.2, 0) is 21.4 Å². The molecule has 1 unspecified atom stereocenters. The minimum Gasteiger partial charge on any atom is -0.481 e. The molecular formula is C16H22ClN3O4. The van der Waals surface area contributed by atoms with Crippen LogP contribution < -0.4 is 0 Å². The van der Waals surface area contributed by atoms with E-state index in [4.69, 9.17) is 21.4 Å². The third-order valence-electron chi connectivity index (χ3n) is 3.94. The maximum atomic E-state index is 12.5. The molecule has 1 aliphatic rings. The van der Waals surface area contributed by atoms with Crippen LogP contribution in [0.1, 0.15) is 30.5 Å². The second-order valence-electron chi connectivity index (χ2n) is 5.81. The van der Waals surface area contributed by atoms with Gasteiger partial charge in [-0.15, -0.1) is 0 Å². The Morgan fingerprint density at radius 2 is 2.29 bits per heavy atom. The number of hydrogen-bond donors (Lipinski definition) is 1. The fourth-order valence-electron chi connectivity index (χ4n) is 2.65. The number of carbonyl (C=O) groups excluding carboxylic acids is 1. The van der Waals surface area contributed by atoms with Gasteiger partial charge in [-0.25, -0.2) is 0 Å². The Morgan fingerprint density at radius 3 is 2.83 bits per heavy atom. The van der Waals surface area contributed by atoms with Crippen LogP contribution in [-0.4, -0.2) is 57.5 Å². The number of nitrogens with zero attached hydrogens (tertiary/aromatic N) is 3. The minimum atomic E-state index is -0.935. The second kappa shape index (κ2) is 8.30. The van der Waals surface area contributed by atoms with Gasteiger partial charge in [-0.1, -0.05) is 11.6 Å². The van der Waals surface area contributed by atoms with Gasteiger partial charge in [0.05, 0.1) is 18.2 Å². The Kier molecular flexibility index (Phi) is 6.39. The van der Waals surface area contributed by atoms with E-state index in [9.17, 15) is 9.59 Å². The van der Waals surface area contributed by atoms with Crippen molar-refractivity contribution in [1.82, 2.24) is 14.7 Å². The number of hydrogen-bond acceptors (Lipinski definition) is 4. The van der Waals surface area contributed by atoms with Crippen molar-refractivity contribution >= 4 is 29.6 Å². The highest BCUT2D eigenvalue weighted by Gasteiger charge is 2.22. The van der Waals surface area contributed by atoms with Crippen LogP contribution >= 0.6 is 11.6 Å². The summed E-state index contributed by atoms with van der Waals surface area (Å²) in [4.78, 5) is 24.8. The van der Waals surface area contributed by atoms with Crippen molar-refractivity contribution in [3.05, 3.63) is 22.5 Å². The highest BCUT2D eigenvalue weighted by Crippen LogP contribution is 2.20. The van der Waals surface area contributed by atoms with E-state index in [2.05, 4.69) is 5.10 Å². The first kappa shape index (κ1) is 18.5. The first-order chi connectivity index (χ1) is 11.4. The van der Waals surface area contributed by atoms with Crippen molar-refractivity contribution in [3.8, 4) is 0 Å². The maximum absolute atomic E-state index is 12.5. The zero-order valence-electron chi connectivity index (χ0n) is 13.9. The Morgan fingerprint density at radius 1 is 1.54 bits per heavy atom. The molecule has 0 radical (unpaired) electrons. The summed E-state index contributed by atoms with van der Waals surface area (Å²) < 4.78 is 7.08. The van der Waals surface area contributed by atoms with Gasteiger partial charge in [0.25, 0.3) is 0 Å². The molecule has 1 atom stereocenters. The number of halogens is 1. The van der Waals surface area contributed by atoms with E-state index in [-0.39, 0.29) is 25.0 Å².